The highest BCUT2D eigenvalue weighted by Crippen LogP contribution is 2.35. The van der Waals surface area contributed by atoms with Crippen LogP contribution in [0.15, 0.2) is 18.2 Å². The molecule has 0 aliphatic carbocycles. The summed E-state index contributed by atoms with van der Waals surface area (Å²) in [7, 11) is 1.68. The number of ether oxygens (including phenoxy) is 1. The van der Waals surface area contributed by atoms with E-state index in [-0.39, 0.29) is 6.04 Å². The third-order valence-electron chi connectivity index (χ3n) is 3.68. The van der Waals surface area contributed by atoms with Gasteiger partial charge in [0.15, 0.2) is 0 Å². The fourth-order valence-electron chi connectivity index (χ4n) is 2.58. The minimum atomic E-state index is 0.0988. The summed E-state index contributed by atoms with van der Waals surface area (Å²) in [5, 5.41) is 0.718. The topological polar surface area (TPSA) is 47.3 Å². The molecule has 3 N–H and O–H groups in total. The van der Waals surface area contributed by atoms with Gasteiger partial charge in [-0.25, -0.2) is 0 Å². The van der Waals surface area contributed by atoms with E-state index in [1.807, 2.05) is 30.0 Å². The first kappa shape index (κ1) is 15.0. The largest absolute Gasteiger partial charge is 0.496 e. The van der Waals surface area contributed by atoms with Crippen LogP contribution in [0.4, 0.5) is 0 Å². The lowest BCUT2D eigenvalue weighted by Gasteiger charge is -2.27. The zero-order chi connectivity index (χ0) is 13.7. The van der Waals surface area contributed by atoms with Crippen molar-refractivity contribution in [3.8, 4) is 5.75 Å². The Balaban J connectivity index is 2.13. The predicted octanol–water partition coefficient (Wildman–Crippen LogP) is 3.39. The molecular weight excluding hydrogens is 280 g/mol. The Bertz CT molecular complexity index is 410. The van der Waals surface area contributed by atoms with E-state index < -0.39 is 0 Å². The molecule has 1 aromatic carbocycles. The van der Waals surface area contributed by atoms with Crippen LogP contribution in [0.25, 0.3) is 0 Å². The van der Waals surface area contributed by atoms with Crippen LogP contribution in [-0.2, 0) is 0 Å². The molecule has 1 aliphatic heterocycles. The number of nitrogens with one attached hydrogen (secondary N) is 1. The predicted molar refractivity (Wildman–Crippen MR) is 82.7 cm³/mol. The zero-order valence-electron chi connectivity index (χ0n) is 11.2. The minimum absolute atomic E-state index is 0.0988. The molecule has 0 saturated carbocycles. The number of hydrazine groups is 1. The molecule has 0 radical (unpaired) electrons. The van der Waals surface area contributed by atoms with Crippen LogP contribution in [-0.4, -0.2) is 18.6 Å². The van der Waals surface area contributed by atoms with E-state index in [0.717, 1.165) is 28.7 Å². The summed E-state index contributed by atoms with van der Waals surface area (Å²) >= 11 is 8.13. The number of rotatable bonds is 5. The maximum absolute atomic E-state index is 6.09. The molecule has 1 heterocycles. The molecule has 19 heavy (non-hydrogen) atoms. The summed E-state index contributed by atoms with van der Waals surface area (Å²) in [4.78, 5) is 0. The molecule has 5 heteroatoms. The van der Waals surface area contributed by atoms with Gasteiger partial charge in [0.25, 0.3) is 0 Å². The second kappa shape index (κ2) is 7.39. The monoisotopic (exact) mass is 300 g/mol. The summed E-state index contributed by atoms with van der Waals surface area (Å²) in [6.07, 6.45) is 3.57. The van der Waals surface area contributed by atoms with Crippen molar-refractivity contribution in [2.75, 3.05) is 18.6 Å². The van der Waals surface area contributed by atoms with Crippen molar-refractivity contribution < 1.29 is 4.74 Å². The van der Waals surface area contributed by atoms with Crippen molar-refractivity contribution in [2.45, 2.75) is 25.3 Å². The molecule has 0 bridgehead atoms. The Morgan fingerprint density at radius 3 is 2.84 bits per heavy atom. The van der Waals surface area contributed by atoms with Gasteiger partial charge in [-0.05, 0) is 54.9 Å². The molecule has 0 spiro atoms. The van der Waals surface area contributed by atoms with Crippen molar-refractivity contribution >= 4 is 23.4 Å². The number of methoxy groups -OCH3 is 1. The highest BCUT2D eigenvalue weighted by molar-refractivity contribution is 7.99. The van der Waals surface area contributed by atoms with Crippen LogP contribution in [0.5, 0.6) is 5.75 Å². The lowest BCUT2D eigenvalue weighted by atomic mass is 9.90. The van der Waals surface area contributed by atoms with E-state index in [4.69, 9.17) is 22.2 Å². The summed E-state index contributed by atoms with van der Waals surface area (Å²) in [5.74, 6) is 9.83. The van der Waals surface area contributed by atoms with E-state index in [0.29, 0.717) is 0 Å². The maximum Gasteiger partial charge on any atom is 0.123 e. The first-order valence-corrected chi connectivity index (χ1v) is 8.15. The van der Waals surface area contributed by atoms with Gasteiger partial charge in [-0.2, -0.15) is 11.8 Å². The van der Waals surface area contributed by atoms with Gasteiger partial charge in [0.1, 0.15) is 5.75 Å². The van der Waals surface area contributed by atoms with E-state index in [2.05, 4.69) is 5.43 Å². The van der Waals surface area contributed by atoms with E-state index >= 15 is 0 Å². The Hall–Kier alpha value is -0.420. The number of hydrogen-bond donors (Lipinski definition) is 2. The van der Waals surface area contributed by atoms with Gasteiger partial charge >= 0.3 is 0 Å². The maximum atomic E-state index is 6.09. The SMILES string of the molecule is COc1ccc(Cl)cc1C(CC1CCSCC1)NN. The normalized spacial score (nSPS) is 18.3. The van der Waals surface area contributed by atoms with Crippen LogP contribution in [0, 0.1) is 5.92 Å². The molecule has 0 aromatic heterocycles. The minimum Gasteiger partial charge on any atom is -0.496 e. The lowest BCUT2D eigenvalue weighted by Crippen LogP contribution is -2.30. The second-order valence-corrected chi connectivity index (χ2v) is 6.56. The number of benzene rings is 1. The highest BCUT2D eigenvalue weighted by atomic mass is 35.5. The average molecular weight is 301 g/mol. The number of halogens is 1. The van der Waals surface area contributed by atoms with Crippen LogP contribution in [0.1, 0.15) is 30.9 Å². The molecule has 1 atom stereocenters. The zero-order valence-corrected chi connectivity index (χ0v) is 12.8. The molecule has 2 rings (SSSR count). The fraction of sp³-hybridized carbons (Fsp3) is 0.571. The molecule has 3 nitrogen and oxygen atoms in total. The van der Waals surface area contributed by atoms with Gasteiger partial charge in [0, 0.05) is 16.6 Å². The van der Waals surface area contributed by atoms with Crippen molar-refractivity contribution in [1.29, 1.82) is 0 Å². The molecule has 1 saturated heterocycles. The molecule has 106 valence electrons. The summed E-state index contributed by atoms with van der Waals surface area (Å²) in [6.45, 7) is 0. The van der Waals surface area contributed by atoms with E-state index in [1.54, 1.807) is 7.11 Å². The Kier molecular flexibility index (Phi) is 5.82. The van der Waals surface area contributed by atoms with Crippen LogP contribution >= 0.6 is 23.4 Å². The van der Waals surface area contributed by atoms with Gasteiger partial charge in [-0.1, -0.05) is 11.6 Å². The van der Waals surface area contributed by atoms with Crippen molar-refractivity contribution in [1.82, 2.24) is 5.43 Å². The van der Waals surface area contributed by atoms with Crippen LogP contribution in [0.3, 0.4) is 0 Å². The molecular formula is C14H21ClN2OS. The van der Waals surface area contributed by atoms with E-state index in [9.17, 15) is 0 Å². The van der Waals surface area contributed by atoms with E-state index in [1.165, 1.54) is 24.3 Å². The Morgan fingerprint density at radius 1 is 1.47 bits per heavy atom. The van der Waals surface area contributed by atoms with Gasteiger partial charge in [0.05, 0.1) is 7.11 Å². The summed E-state index contributed by atoms with van der Waals surface area (Å²) in [5.41, 5.74) is 3.97. The van der Waals surface area contributed by atoms with Crippen molar-refractivity contribution in [3.63, 3.8) is 0 Å². The lowest BCUT2D eigenvalue weighted by molar-refractivity contribution is 0.355. The first-order valence-electron chi connectivity index (χ1n) is 6.62. The van der Waals surface area contributed by atoms with Crippen molar-refractivity contribution in [2.24, 2.45) is 11.8 Å². The molecule has 1 unspecified atom stereocenters. The quantitative estimate of drug-likeness (QED) is 0.646. The smallest absolute Gasteiger partial charge is 0.123 e. The number of nitrogens with two attached hydrogens (primary N) is 1. The highest BCUT2D eigenvalue weighted by Gasteiger charge is 2.22. The van der Waals surface area contributed by atoms with Gasteiger partial charge < -0.3 is 4.74 Å². The van der Waals surface area contributed by atoms with Crippen LogP contribution < -0.4 is 16.0 Å². The first-order chi connectivity index (χ1) is 9.24. The average Bonchev–Trinajstić information content (AvgIpc) is 2.46. The van der Waals surface area contributed by atoms with Gasteiger partial charge in [0.2, 0.25) is 0 Å². The standard InChI is InChI=1S/C14H21ClN2OS/c1-18-14-3-2-11(15)9-12(14)13(17-16)8-10-4-6-19-7-5-10/h2-3,9-10,13,17H,4-8,16H2,1H3. The Morgan fingerprint density at radius 2 is 2.21 bits per heavy atom. The molecule has 1 fully saturated rings. The second-order valence-electron chi connectivity index (χ2n) is 4.90. The number of thioether (sulfide) groups is 1. The Labute approximate surface area is 124 Å². The third kappa shape index (κ3) is 4.02. The third-order valence-corrected chi connectivity index (χ3v) is 4.96. The van der Waals surface area contributed by atoms with Crippen LogP contribution in [0.2, 0.25) is 5.02 Å². The molecule has 1 aromatic rings. The van der Waals surface area contributed by atoms with Crippen molar-refractivity contribution in [3.05, 3.63) is 28.8 Å². The number of hydrogen-bond acceptors (Lipinski definition) is 4. The fourth-order valence-corrected chi connectivity index (χ4v) is 3.96. The van der Waals surface area contributed by atoms with Gasteiger partial charge in [-0.3, -0.25) is 11.3 Å². The molecule has 0 amide bonds. The summed E-state index contributed by atoms with van der Waals surface area (Å²) in [6, 6.07) is 5.79. The van der Waals surface area contributed by atoms with Gasteiger partial charge in [-0.15, -0.1) is 0 Å². The summed E-state index contributed by atoms with van der Waals surface area (Å²) < 4.78 is 5.41. The molecule has 1 aliphatic rings.